The molecule has 5 nitrogen and oxygen atoms in total. The van der Waals surface area contributed by atoms with Gasteiger partial charge in [-0.15, -0.1) is 0 Å². The molecule has 21 heavy (non-hydrogen) atoms. The van der Waals surface area contributed by atoms with E-state index in [1.54, 1.807) is 0 Å². The minimum absolute atomic E-state index is 0.0418. The third-order valence-electron chi connectivity index (χ3n) is 3.44. The summed E-state index contributed by atoms with van der Waals surface area (Å²) in [7, 11) is -3.60. The summed E-state index contributed by atoms with van der Waals surface area (Å²) in [6.45, 7) is 0.766. The van der Waals surface area contributed by atoms with E-state index in [1.165, 1.54) is 16.4 Å². The topological polar surface area (TPSA) is 69.6 Å². The van der Waals surface area contributed by atoms with Crippen molar-refractivity contribution in [2.75, 3.05) is 19.6 Å². The monoisotopic (exact) mass is 336 g/mol. The van der Waals surface area contributed by atoms with Crippen LogP contribution < -0.4 is 4.72 Å². The van der Waals surface area contributed by atoms with Crippen LogP contribution in [0.15, 0.2) is 18.2 Å². The maximum atomic E-state index is 13.3. The molecule has 1 atom stereocenters. The van der Waals surface area contributed by atoms with E-state index in [0.717, 1.165) is 25.3 Å². The van der Waals surface area contributed by atoms with Crippen LogP contribution in [0.2, 0.25) is 5.02 Å². The lowest BCUT2D eigenvalue weighted by Gasteiger charge is -2.26. The molecule has 0 aliphatic carbocycles. The van der Waals surface area contributed by atoms with Gasteiger partial charge in [0.1, 0.15) is 5.82 Å². The van der Waals surface area contributed by atoms with E-state index < -0.39 is 22.1 Å². The fourth-order valence-corrected chi connectivity index (χ4v) is 3.63. The van der Waals surface area contributed by atoms with E-state index in [1.807, 2.05) is 0 Å². The summed E-state index contributed by atoms with van der Waals surface area (Å²) < 4.78 is 41.1. The van der Waals surface area contributed by atoms with Gasteiger partial charge in [-0.1, -0.05) is 24.1 Å². The van der Waals surface area contributed by atoms with Crippen LogP contribution in [0.25, 0.3) is 0 Å². The molecule has 1 aliphatic heterocycles. The minimum atomic E-state index is -3.60. The molecule has 1 fully saturated rings. The zero-order chi connectivity index (χ0) is 15.5. The lowest BCUT2D eigenvalue weighted by atomic mass is 10.1. The number of aliphatic hydroxyl groups is 1. The molecule has 1 heterocycles. The minimum Gasteiger partial charge on any atom is -0.387 e. The molecule has 0 aromatic heterocycles. The molecule has 8 heteroatoms. The van der Waals surface area contributed by atoms with Crippen molar-refractivity contribution in [3.05, 3.63) is 34.6 Å². The van der Waals surface area contributed by atoms with Crippen LogP contribution in [0, 0.1) is 5.82 Å². The maximum absolute atomic E-state index is 13.3. The molecule has 0 bridgehead atoms. The van der Waals surface area contributed by atoms with Crippen LogP contribution in [0.5, 0.6) is 0 Å². The van der Waals surface area contributed by atoms with Crippen molar-refractivity contribution in [2.24, 2.45) is 0 Å². The second-order valence-corrected chi connectivity index (χ2v) is 7.16. The van der Waals surface area contributed by atoms with E-state index in [0.29, 0.717) is 13.1 Å². The Bertz CT molecular complexity index is 591. The number of benzene rings is 1. The van der Waals surface area contributed by atoms with Crippen molar-refractivity contribution >= 4 is 21.8 Å². The fourth-order valence-electron chi connectivity index (χ4n) is 2.22. The Morgan fingerprint density at radius 1 is 1.33 bits per heavy atom. The highest BCUT2D eigenvalue weighted by molar-refractivity contribution is 7.87. The molecule has 1 saturated heterocycles. The SMILES string of the molecule is O=S(=O)(NCC(O)c1ccc(Cl)c(F)c1)N1CCCCC1. The summed E-state index contributed by atoms with van der Waals surface area (Å²) in [5, 5.41) is 9.90. The van der Waals surface area contributed by atoms with Crippen LogP contribution in [0.3, 0.4) is 0 Å². The number of nitrogens with one attached hydrogen (secondary N) is 1. The van der Waals surface area contributed by atoms with Gasteiger partial charge in [0.05, 0.1) is 11.1 Å². The first-order chi connectivity index (χ1) is 9.90. The van der Waals surface area contributed by atoms with E-state index in [2.05, 4.69) is 4.72 Å². The standard InChI is InChI=1S/C13H18ClFN2O3S/c14-11-5-4-10(8-12(11)15)13(18)9-16-21(19,20)17-6-2-1-3-7-17/h4-5,8,13,16,18H,1-3,6-7,9H2. The summed E-state index contributed by atoms with van der Waals surface area (Å²) in [4.78, 5) is 0. The average Bonchev–Trinajstić information content (AvgIpc) is 2.48. The molecule has 1 aromatic carbocycles. The van der Waals surface area contributed by atoms with Gasteiger partial charge in [-0.25, -0.2) is 4.39 Å². The second kappa shape index (κ2) is 7.02. The maximum Gasteiger partial charge on any atom is 0.279 e. The van der Waals surface area contributed by atoms with Crippen LogP contribution >= 0.6 is 11.6 Å². The van der Waals surface area contributed by atoms with Crippen molar-refractivity contribution in [3.8, 4) is 0 Å². The number of aliphatic hydroxyl groups excluding tert-OH is 1. The molecule has 1 unspecified atom stereocenters. The predicted octanol–water partition coefficient (Wildman–Crippen LogP) is 1.83. The Kier molecular flexibility index (Phi) is 5.56. The summed E-state index contributed by atoms with van der Waals surface area (Å²) in [6, 6.07) is 3.89. The first-order valence-corrected chi connectivity index (χ1v) is 8.60. The van der Waals surface area contributed by atoms with E-state index in [9.17, 15) is 17.9 Å². The largest absolute Gasteiger partial charge is 0.387 e. The molecule has 0 amide bonds. The van der Waals surface area contributed by atoms with Crippen molar-refractivity contribution in [1.82, 2.24) is 9.03 Å². The van der Waals surface area contributed by atoms with E-state index in [4.69, 9.17) is 11.6 Å². The number of nitrogens with zero attached hydrogens (tertiary/aromatic N) is 1. The number of rotatable bonds is 5. The predicted molar refractivity (Wildman–Crippen MR) is 78.7 cm³/mol. The highest BCUT2D eigenvalue weighted by Crippen LogP contribution is 2.20. The van der Waals surface area contributed by atoms with Gasteiger partial charge in [-0.05, 0) is 30.5 Å². The Labute approximate surface area is 128 Å². The highest BCUT2D eigenvalue weighted by Gasteiger charge is 2.24. The number of piperidine rings is 1. The first-order valence-electron chi connectivity index (χ1n) is 6.78. The molecule has 2 N–H and O–H groups in total. The molecule has 118 valence electrons. The summed E-state index contributed by atoms with van der Waals surface area (Å²) in [5.74, 6) is -0.646. The quantitative estimate of drug-likeness (QED) is 0.862. The van der Waals surface area contributed by atoms with Crippen LogP contribution in [-0.4, -0.2) is 37.5 Å². The van der Waals surface area contributed by atoms with Crippen LogP contribution in [-0.2, 0) is 10.2 Å². The Hall–Kier alpha value is -0.730. The number of hydrogen-bond acceptors (Lipinski definition) is 3. The van der Waals surface area contributed by atoms with Crippen molar-refractivity contribution < 1.29 is 17.9 Å². The molecule has 1 aromatic rings. The van der Waals surface area contributed by atoms with Gasteiger partial charge in [-0.2, -0.15) is 17.4 Å². The Morgan fingerprint density at radius 2 is 2.00 bits per heavy atom. The highest BCUT2D eigenvalue weighted by atomic mass is 35.5. The lowest BCUT2D eigenvalue weighted by Crippen LogP contribution is -2.44. The number of hydrogen-bond donors (Lipinski definition) is 2. The molecular weight excluding hydrogens is 319 g/mol. The third-order valence-corrected chi connectivity index (χ3v) is 5.33. The lowest BCUT2D eigenvalue weighted by molar-refractivity contribution is 0.180. The third kappa shape index (κ3) is 4.37. The summed E-state index contributed by atoms with van der Waals surface area (Å²) in [5.41, 5.74) is 0.276. The van der Waals surface area contributed by atoms with E-state index in [-0.39, 0.29) is 17.1 Å². The Balaban J connectivity index is 1.96. The van der Waals surface area contributed by atoms with Gasteiger partial charge < -0.3 is 5.11 Å². The molecular formula is C13H18ClFN2O3S. The zero-order valence-electron chi connectivity index (χ0n) is 11.4. The second-order valence-electron chi connectivity index (χ2n) is 5.00. The van der Waals surface area contributed by atoms with Gasteiger partial charge in [0.2, 0.25) is 0 Å². The average molecular weight is 337 g/mol. The summed E-state index contributed by atoms with van der Waals surface area (Å²) in [6.07, 6.45) is 1.58. The Morgan fingerprint density at radius 3 is 2.62 bits per heavy atom. The van der Waals surface area contributed by atoms with Gasteiger partial charge in [0.25, 0.3) is 10.2 Å². The van der Waals surface area contributed by atoms with Gasteiger partial charge >= 0.3 is 0 Å². The van der Waals surface area contributed by atoms with Gasteiger partial charge in [0.15, 0.2) is 0 Å². The smallest absolute Gasteiger partial charge is 0.279 e. The van der Waals surface area contributed by atoms with Gasteiger partial charge in [0, 0.05) is 19.6 Å². The zero-order valence-corrected chi connectivity index (χ0v) is 13.0. The number of halogens is 2. The fraction of sp³-hybridized carbons (Fsp3) is 0.538. The van der Waals surface area contributed by atoms with Crippen molar-refractivity contribution in [1.29, 1.82) is 0 Å². The summed E-state index contributed by atoms with van der Waals surface area (Å²) >= 11 is 5.56. The van der Waals surface area contributed by atoms with E-state index >= 15 is 0 Å². The molecule has 0 saturated carbocycles. The molecule has 0 spiro atoms. The van der Waals surface area contributed by atoms with Gasteiger partial charge in [-0.3, -0.25) is 0 Å². The molecule has 1 aliphatic rings. The normalized spacial score (nSPS) is 18.6. The van der Waals surface area contributed by atoms with Crippen LogP contribution in [0.1, 0.15) is 30.9 Å². The van der Waals surface area contributed by atoms with Crippen molar-refractivity contribution in [2.45, 2.75) is 25.4 Å². The molecule has 2 rings (SSSR count). The van der Waals surface area contributed by atoms with Crippen LogP contribution in [0.4, 0.5) is 4.39 Å². The molecule has 0 radical (unpaired) electrons. The first kappa shape index (κ1) is 16.6. The van der Waals surface area contributed by atoms with Crippen molar-refractivity contribution in [3.63, 3.8) is 0 Å².